The van der Waals surface area contributed by atoms with E-state index in [2.05, 4.69) is 10.6 Å². The first-order valence-corrected chi connectivity index (χ1v) is 15.9. The van der Waals surface area contributed by atoms with Crippen molar-refractivity contribution in [2.75, 3.05) is 30.7 Å². The zero-order valence-corrected chi connectivity index (χ0v) is 23.5. The van der Waals surface area contributed by atoms with Gasteiger partial charge in [-0.3, -0.25) is 14.5 Å². The highest BCUT2D eigenvalue weighted by molar-refractivity contribution is 7.91. The minimum atomic E-state index is -3.79. The molecule has 2 saturated heterocycles. The molecule has 3 atom stereocenters. The third-order valence-corrected chi connectivity index (χ3v) is 11.2. The maximum Gasteiger partial charge on any atom is 0.325 e. The molecule has 2 fully saturated rings. The van der Waals surface area contributed by atoms with Gasteiger partial charge >= 0.3 is 6.03 Å². The molecule has 40 heavy (non-hydrogen) atoms. The van der Waals surface area contributed by atoms with Crippen molar-refractivity contribution < 1.29 is 35.6 Å². The summed E-state index contributed by atoms with van der Waals surface area (Å²) in [6.45, 7) is 4.20. The number of benzene rings is 2. The summed E-state index contributed by atoms with van der Waals surface area (Å²) in [5.74, 6) is -2.33. The number of sulfone groups is 1. The lowest BCUT2D eigenvalue weighted by Gasteiger charge is -2.34. The van der Waals surface area contributed by atoms with Crippen molar-refractivity contribution in [3.05, 3.63) is 53.8 Å². The summed E-state index contributed by atoms with van der Waals surface area (Å²) < 4.78 is 66.8. The molecule has 14 heteroatoms. The van der Waals surface area contributed by atoms with E-state index in [9.17, 15) is 35.6 Å². The number of hydrogen-bond acceptors (Lipinski definition) is 7. The number of urea groups is 1. The summed E-state index contributed by atoms with van der Waals surface area (Å²) in [6, 6.07) is 7.62. The molecular formula is C26H29FN4O7S2. The highest BCUT2D eigenvalue weighted by Crippen LogP contribution is 2.41. The van der Waals surface area contributed by atoms with E-state index in [0.29, 0.717) is 18.0 Å². The van der Waals surface area contributed by atoms with Crippen LogP contribution < -0.4 is 10.6 Å². The van der Waals surface area contributed by atoms with E-state index in [4.69, 9.17) is 0 Å². The second-order valence-corrected chi connectivity index (χ2v) is 14.8. The van der Waals surface area contributed by atoms with Crippen LogP contribution in [-0.2, 0) is 35.0 Å². The predicted octanol–water partition coefficient (Wildman–Crippen LogP) is 2.06. The van der Waals surface area contributed by atoms with Crippen molar-refractivity contribution in [2.45, 2.75) is 42.0 Å². The van der Waals surface area contributed by atoms with Crippen molar-refractivity contribution in [3.8, 4) is 0 Å². The third-order valence-electron chi connectivity index (χ3n) is 7.57. The van der Waals surface area contributed by atoms with Crippen LogP contribution in [0.25, 0.3) is 0 Å². The quantitative estimate of drug-likeness (QED) is 0.399. The number of piperidine rings is 1. The van der Waals surface area contributed by atoms with Gasteiger partial charge in [0.2, 0.25) is 15.9 Å². The maximum absolute atomic E-state index is 14.1. The van der Waals surface area contributed by atoms with E-state index in [1.54, 1.807) is 0 Å². The molecule has 0 bridgehead atoms. The minimum absolute atomic E-state index is 0.0842. The van der Waals surface area contributed by atoms with E-state index in [1.165, 1.54) is 28.6 Å². The Morgan fingerprint density at radius 3 is 2.40 bits per heavy atom. The number of hydrogen-bond donors (Lipinski definition) is 2. The molecule has 1 spiro atoms. The first-order chi connectivity index (χ1) is 18.7. The number of rotatable bonds is 5. The third kappa shape index (κ3) is 4.88. The Labute approximate surface area is 231 Å². The van der Waals surface area contributed by atoms with E-state index in [0.717, 1.165) is 24.6 Å². The van der Waals surface area contributed by atoms with Gasteiger partial charge < -0.3 is 10.6 Å². The van der Waals surface area contributed by atoms with E-state index in [-0.39, 0.29) is 39.3 Å². The summed E-state index contributed by atoms with van der Waals surface area (Å²) in [7, 11) is -7.50. The standard InChI is InChI=1S/C26H29FN4O7S2/c1-16-11-17(2)14-30(13-16)40(37,38)20-6-4-19(5-7-20)28-23(32)15-31-24(33)26(29-25(31)34)9-10-39(35,36)22-8-3-18(27)12-21(22)26/h3-8,12,16-17H,9-11,13-15H2,1-2H3,(H,28,32)(H,29,34). The van der Waals surface area contributed by atoms with Gasteiger partial charge in [-0.15, -0.1) is 0 Å². The van der Waals surface area contributed by atoms with Crippen LogP contribution in [-0.4, -0.2) is 69.3 Å². The zero-order valence-electron chi connectivity index (χ0n) is 21.9. The number of sulfonamides is 1. The second kappa shape index (κ2) is 9.93. The largest absolute Gasteiger partial charge is 0.325 e. The summed E-state index contributed by atoms with van der Waals surface area (Å²) in [5, 5.41) is 5.01. The van der Waals surface area contributed by atoms with Gasteiger partial charge in [0.25, 0.3) is 5.91 Å². The molecule has 3 heterocycles. The van der Waals surface area contributed by atoms with Gasteiger partial charge in [0, 0.05) is 24.3 Å². The number of anilines is 1. The lowest BCUT2D eigenvalue weighted by molar-refractivity contribution is -0.134. The summed E-state index contributed by atoms with van der Waals surface area (Å²) in [6.07, 6.45) is 0.650. The second-order valence-electron chi connectivity index (χ2n) is 10.8. The molecule has 0 saturated carbocycles. The Balaban J connectivity index is 1.30. The van der Waals surface area contributed by atoms with Gasteiger partial charge in [0.15, 0.2) is 9.84 Å². The summed E-state index contributed by atoms with van der Waals surface area (Å²) in [5.41, 5.74) is -1.73. The molecule has 214 valence electrons. The molecule has 0 aromatic heterocycles. The van der Waals surface area contributed by atoms with Gasteiger partial charge in [0.1, 0.15) is 17.9 Å². The predicted molar refractivity (Wildman–Crippen MR) is 142 cm³/mol. The molecule has 4 amide bonds. The number of imide groups is 1. The monoisotopic (exact) mass is 592 g/mol. The lowest BCUT2D eigenvalue weighted by Crippen LogP contribution is -2.49. The smallest absolute Gasteiger partial charge is 0.325 e. The molecule has 3 aliphatic rings. The lowest BCUT2D eigenvalue weighted by atomic mass is 9.86. The molecule has 2 N–H and O–H groups in total. The SMILES string of the molecule is CC1CC(C)CN(S(=O)(=O)c2ccc(NC(=O)CN3C(=O)NC4(CCS(=O)(=O)c5ccc(F)cc54)C3=O)cc2)C1. The molecule has 3 aliphatic heterocycles. The van der Waals surface area contributed by atoms with Crippen LogP contribution in [0.2, 0.25) is 0 Å². The number of nitrogens with zero attached hydrogens (tertiary/aromatic N) is 2. The van der Waals surface area contributed by atoms with Crippen LogP contribution in [0.4, 0.5) is 14.9 Å². The first kappa shape index (κ1) is 28.2. The fourth-order valence-corrected chi connectivity index (χ4v) is 9.08. The van der Waals surface area contributed by atoms with Crippen molar-refractivity contribution >= 4 is 43.4 Å². The number of amides is 4. The molecule has 2 aromatic rings. The Kier molecular flexibility index (Phi) is 6.99. The number of fused-ring (bicyclic) bond motifs is 2. The highest BCUT2D eigenvalue weighted by Gasteiger charge is 2.56. The first-order valence-electron chi connectivity index (χ1n) is 12.8. The molecule has 3 unspecified atom stereocenters. The van der Waals surface area contributed by atoms with E-state index < -0.39 is 61.4 Å². The number of carbonyl (C=O) groups excluding carboxylic acids is 3. The van der Waals surface area contributed by atoms with Crippen molar-refractivity contribution in [3.63, 3.8) is 0 Å². The Morgan fingerprint density at radius 2 is 1.75 bits per heavy atom. The normalized spacial score (nSPS) is 26.4. The molecular weight excluding hydrogens is 563 g/mol. The van der Waals surface area contributed by atoms with Gasteiger partial charge in [-0.1, -0.05) is 13.8 Å². The molecule has 11 nitrogen and oxygen atoms in total. The molecule has 5 rings (SSSR count). The van der Waals surface area contributed by atoms with E-state index >= 15 is 0 Å². The minimum Gasteiger partial charge on any atom is -0.325 e. The average Bonchev–Trinajstić information content (AvgIpc) is 3.11. The maximum atomic E-state index is 14.1. The van der Waals surface area contributed by atoms with Crippen LogP contribution >= 0.6 is 0 Å². The summed E-state index contributed by atoms with van der Waals surface area (Å²) >= 11 is 0. The Hall–Kier alpha value is -3.36. The number of carbonyl (C=O) groups is 3. The number of halogens is 1. The van der Waals surface area contributed by atoms with Crippen LogP contribution in [0, 0.1) is 17.7 Å². The van der Waals surface area contributed by atoms with Crippen LogP contribution in [0.3, 0.4) is 0 Å². The number of nitrogens with one attached hydrogen (secondary N) is 2. The van der Waals surface area contributed by atoms with Crippen LogP contribution in [0.1, 0.15) is 32.3 Å². The van der Waals surface area contributed by atoms with Gasteiger partial charge in [0.05, 0.1) is 15.5 Å². The van der Waals surface area contributed by atoms with Crippen molar-refractivity contribution in [2.24, 2.45) is 11.8 Å². The van der Waals surface area contributed by atoms with Gasteiger partial charge in [-0.2, -0.15) is 4.31 Å². The highest BCUT2D eigenvalue weighted by atomic mass is 32.2. The van der Waals surface area contributed by atoms with Crippen LogP contribution in [0.15, 0.2) is 52.3 Å². The van der Waals surface area contributed by atoms with Gasteiger partial charge in [-0.05, 0) is 67.1 Å². The zero-order chi connectivity index (χ0) is 29.0. The fraction of sp³-hybridized carbons (Fsp3) is 0.423. The average molecular weight is 593 g/mol. The fourth-order valence-electron chi connectivity index (χ4n) is 5.77. The molecule has 2 aromatic carbocycles. The van der Waals surface area contributed by atoms with Crippen molar-refractivity contribution in [1.82, 2.24) is 14.5 Å². The Bertz CT molecular complexity index is 1600. The van der Waals surface area contributed by atoms with Crippen LogP contribution in [0.5, 0.6) is 0 Å². The van der Waals surface area contributed by atoms with Gasteiger partial charge in [-0.25, -0.2) is 26.0 Å². The topological polar surface area (TPSA) is 150 Å². The van der Waals surface area contributed by atoms with E-state index in [1.807, 2.05) is 13.8 Å². The molecule has 0 aliphatic carbocycles. The summed E-state index contributed by atoms with van der Waals surface area (Å²) in [4.78, 5) is 39.4. The van der Waals surface area contributed by atoms with Crippen molar-refractivity contribution in [1.29, 1.82) is 0 Å². The Morgan fingerprint density at radius 1 is 1.10 bits per heavy atom. The molecule has 0 radical (unpaired) electrons.